The summed E-state index contributed by atoms with van der Waals surface area (Å²) in [7, 11) is -1.43. The molecule has 4 rings (SSSR count). The van der Waals surface area contributed by atoms with E-state index in [9.17, 15) is 0 Å². The third kappa shape index (κ3) is 3.47. The molecule has 1 aliphatic heterocycles. The average molecular weight is 363 g/mol. The van der Waals surface area contributed by atoms with Crippen molar-refractivity contribution in [3.05, 3.63) is 59.7 Å². The molecule has 3 heteroatoms. The first-order valence-electron chi connectivity index (χ1n) is 10.1. The Hall–Kier alpha value is -1.60. The molecule has 1 saturated carbocycles. The molecule has 3 aliphatic rings. The second-order valence-electron chi connectivity index (χ2n) is 8.38. The Morgan fingerprint density at radius 2 is 1.81 bits per heavy atom. The monoisotopic (exact) mass is 362 g/mol. The number of rotatable bonds is 2. The molecule has 1 aromatic rings. The van der Waals surface area contributed by atoms with E-state index in [0.29, 0.717) is 11.8 Å². The molecule has 1 N–H and O–H groups in total. The van der Waals surface area contributed by atoms with Gasteiger partial charge in [0.15, 0.2) is 0 Å². The van der Waals surface area contributed by atoms with Gasteiger partial charge in [-0.15, -0.1) is 0 Å². The van der Waals surface area contributed by atoms with E-state index < -0.39 is 8.24 Å². The van der Waals surface area contributed by atoms with Gasteiger partial charge in [0, 0.05) is 37.3 Å². The first-order chi connectivity index (χ1) is 12.7. The molecule has 1 saturated heterocycles. The summed E-state index contributed by atoms with van der Waals surface area (Å²) < 4.78 is 2.85. The van der Waals surface area contributed by atoms with Crippen LogP contribution in [0.1, 0.15) is 18.4 Å². The predicted molar refractivity (Wildman–Crippen MR) is 112 cm³/mol. The topological polar surface area (TPSA) is 15.3 Å². The van der Waals surface area contributed by atoms with E-state index in [1.165, 1.54) is 31.5 Å². The van der Waals surface area contributed by atoms with Crippen molar-refractivity contribution < 1.29 is 0 Å². The van der Waals surface area contributed by atoms with Gasteiger partial charge in [0.25, 0.3) is 0 Å². The first-order valence-corrected chi connectivity index (χ1v) is 13.1. The van der Waals surface area contributed by atoms with Gasteiger partial charge in [-0.1, -0.05) is 67.8 Å². The largest absolute Gasteiger partial charge is 0.321 e. The Morgan fingerprint density at radius 3 is 2.58 bits per heavy atom. The summed E-state index contributed by atoms with van der Waals surface area (Å²) in [5, 5.41) is 3.51. The normalized spacial score (nSPS) is 28.8. The summed E-state index contributed by atoms with van der Waals surface area (Å²) in [6, 6.07) is 10.4. The molecule has 2 aliphatic carbocycles. The zero-order valence-corrected chi connectivity index (χ0v) is 17.0. The third-order valence-electron chi connectivity index (χ3n) is 6.69. The maximum absolute atomic E-state index is 3.51. The van der Waals surface area contributed by atoms with Gasteiger partial charge in [-0.05, 0) is 35.9 Å². The van der Waals surface area contributed by atoms with E-state index >= 15 is 0 Å². The summed E-state index contributed by atoms with van der Waals surface area (Å²) in [6.45, 7) is 9.97. The number of nitrogens with zero attached hydrogens (tertiary/aromatic N) is 1. The highest BCUT2D eigenvalue weighted by Crippen LogP contribution is 2.52. The van der Waals surface area contributed by atoms with Crippen LogP contribution in [0.5, 0.6) is 0 Å². The molecule has 1 aromatic carbocycles. The van der Waals surface area contributed by atoms with Crippen LogP contribution in [0, 0.1) is 23.7 Å². The SMILES string of the molecule is C[Si](C)(C1CCC2C(C#Cc3ccccc3)=CC=CC21)N1CCNCC1. The van der Waals surface area contributed by atoms with Crippen LogP contribution in [0.25, 0.3) is 0 Å². The number of hydrogen-bond donors (Lipinski definition) is 1. The lowest BCUT2D eigenvalue weighted by Crippen LogP contribution is -2.59. The van der Waals surface area contributed by atoms with Crippen LogP contribution in [-0.2, 0) is 0 Å². The minimum absolute atomic E-state index is 0.635. The molecule has 3 unspecified atom stereocenters. The van der Waals surface area contributed by atoms with E-state index in [4.69, 9.17) is 0 Å². The molecule has 3 atom stereocenters. The maximum Gasteiger partial charge on any atom is 0.126 e. The highest BCUT2D eigenvalue weighted by molar-refractivity contribution is 6.76. The second-order valence-corrected chi connectivity index (χ2v) is 13.1. The lowest BCUT2D eigenvalue weighted by Gasteiger charge is -2.45. The van der Waals surface area contributed by atoms with Crippen LogP contribution in [-0.4, -0.2) is 39.0 Å². The number of nitrogens with one attached hydrogen (secondary N) is 1. The fourth-order valence-corrected chi connectivity index (χ4v) is 9.17. The number of hydrogen-bond acceptors (Lipinski definition) is 2. The van der Waals surface area contributed by atoms with Crippen molar-refractivity contribution in [3.63, 3.8) is 0 Å². The van der Waals surface area contributed by atoms with E-state index in [0.717, 1.165) is 24.2 Å². The smallest absolute Gasteiger partial charge is 0.126 e. The van der Waals surface area contributed by atoms with Crippen LogP contribution in [0.3, 0.4) is 0 Å². The summed E-state index contributed by atoms with van der Waals surface area (Å²) in [5.41, 5.74) is 3.32. The summed E-state index contributed by atoms with van der Waals surface area (Å²) in [4.78, 5) is 0. The molecule has 0 spiro atoms. The summed E-state index contributed by atoms with van der Waals surface area (Å²) in [5.74, 6) is 8.22. The van der Waals surface area contributed by atoms with Crippen molar-refractivity contribution in [1.82, 2.24) is 9.88 Å². The van der Waals surface area contributed by atoms with Crippen LogP contribution in [0.15, 0.2) is 54.1 Å². The zero-order valence-electron chi connectivity index (χ0n) is 16.0. The molecule has 136 valence electrons. The van der Waals surface area contributed by atoms with Gasteiger partial charge in [0.05, 0.1) is 0 Å². The van der Waals surface area contributed by atoms with Crippen molar-refractivity contribution >= 4 is 8.24 Å². The fourth-order valence-electron chi connectivity index (χ4n) is 5.17. The molecule has 0 amide bonds. The van der Waals surface area contributed by atoms with Gasteiger partial charge < -0.3 is 9.88 Å². The van der Waals surface area contributed by atoms with Gasteiger partial charge in [-0.3, -0.25) is 0 Å². The number of allylic oxidation sites excluding steroid dienone is 4. The van der Waals surface area contributed by atoms with Crippen molar-refractivity contribution in [2.75, 3.05) is 26.2 Å². The quantitative estimate of drug-likeness (QED) is 0.631. The summed E-state index contributed by atoms with van der Waals surface area (Å²) >= 11 is 0. The standard InChI is InChI=1S/C23H30N2Si/c1-26(2,25-17-15-24-16-18-25)23-14-13-21-20(9-6-10-22(21)23)12-11-19-7-4-3-5-8-19/h3-10,21-24H,13-18H2,1-2H3. The highest BCUT2D eigenvalue weighted by atomic mass is 28.3. The van der Waals surface area contributed by atoms with Gasteiger partial charge >= 0.3 is 0 Å². The van der Waals surface area contributed by atoms with Gasteiger partial charge in [0.2, 0.25) is 0 Å². The molecular weight excluding hydrogens is 332 g/mol. The summed E-state index contributed by atoms with van der Waals surface area (Å²) in [6.07, 6.45) is 9.70. The molecule has 2 fully saturated rings. The number of benzene rings is 1. The van der Waals surface area contributed by atoms with Crippen molar-refractivity contribution in [1.29, 1.82) is 0 Å². The Balaban J connectivity index is 1.52. The molecule has 1 heterocycles. The van der Waals surface area contributed by atoms with E-state index in [2.05, 4.69) is 77.3 Å². The molecule has 2 nitrogen and oxygen atoms in total. The predicted octanol–water partition coefficient (Wildman–Crippen LogP) is 4.04. The minimum Gasteiger partial charge on any atom is -0.321 e. The average Bonchev–Trinajstić information content (AvgIpc) is 3.13. The molecule has 26 heavy (non-hydrogen) atoms. The second kappa shape index (κ2) is 7.56. The maximum atomic E-state index is 3.51. The van der Waals surface area contributed by atoms with Gasteiger partial charge in [0.1, 0.15) is 8.24 Å². The van der Waals surface area contributed by atoms with Crippen molar-refractivity contribution in [3.8, 4) is 11.8 Å². The molecule has 0 bridgehead atoms. The lowest BCUT2D eigenvalue weighted by molar-refractivity contribution is 0.346. The molecular formula is C23H30N2Si. The van der Waals surface area contributed by atoms with Gasteiger partial charge in [-0.2, -0.15) is 0 Å². The Labute approximate surface area is 159 Å². The van der Waals surface area contributed by atoms with Crippen LogP contribution in [0.2, 0.25) is 18.6 Å². The molecule has 0 radical (unpaired) electrons. The van der Waals surface area contributed by atoms with Crippen molar-refractivity contribution in [2.24, 2.45) is 11.8 Å². The Kier molecular flexibility index (Phi) is 5.17. The first kappa shape index (κ1) is 17.8. The van der Waals surface area contributed by atoms with Gasteiger partial charge in [-0.25, -0.2) is 0 Å². The fraction of sp³-hybridized carbons (Fsp3) is 0.478. The van der Waals surface area contributed by atoms with Crippen LogP contribution >= 0.6 is 0 Å². The minimum atomic E-state index is -1.43. The number of piperazine rings is 1. The van der Waals surface area contributed by atoms with Crippen LogP contribution < -0.4 is 5.32 Å². The van der Waals surface area contributed by atoms with E-state index in [1.807, 2.05) is 6.07 Å². The Morgan fingerprint density at radius 1 is 1.04 bits per heavy atom. The highest BCUT2D eigenvalue weighted by Gasteiger charge is 2.48. The molecule has 0 aromatic heterocycles. The van der Waals surface area contributed by atoms with E-state index in [-0.39, 0.29) is 0 Å². The third-order valence-corrected chi connectivity index (χ3v) is 11.3. The number of fused-ring (bicyclic) bond motifs is 1. The Bertz CT molecular complexity index is 747. The van der Waals surface area contributed by atoms with Crippen molar-refractivity contribution in [2.45, 2.75) is 31.5 Å². The van der Waals surface area contributed by atoms with E-state index in [1.54, 1.807) is 0 Å². The lowest BCUT2D eigenvalue weighted by atomic mass is 9.85. The van der Waals surface area contributed by atoms with Crippen LogP contribution in [0.4, 0.5) is 0 Å². The zero-order chi connectivity index (χ0) is 18.0.